The number of hydrogen-bond acceptors (Lipinski definition) is 4. The fourth-order valence-corrected chi connectivity index (χ4v) is 4.81. The molecule has 1 heterocycles. The van der Waals surface area contributed by atoms with Gasteiger partial charge in [-0.2, -0.15) is 0 Å². The number of rotatable bonds is 7. The van der Waals surface area contributed by atoms with Crippen LogP contribution in [-0.4, -0.2) is 36.0 Å². The van der Waals surface area contributed by atoms with E-state index in [4.69, 9.17) is 5.11 Å². The van der Waals surface area contributed by atoms with Gasteiger partial charge < -0.3 is 10.4 Å². The second-order valence-electron chi connectivity index (χ2n) is 7.09. The van der Waals surface area contributed by atoms with E-state index < -0.39 is 17.0 Å². The molecule has 0 radical (unpaired) electrons. The first-order chi connectivity index (χ1) is 15.4. The van der Waals surface area contributed by atoms with E-state index in [0.717, 1.165) is 46.7 Å². The van der Waals surface area contributed by atoms with Crippen molar-refractivity contribution in [1.29, 1.82) is 0 Å². The SMILES string of the molecule is CC.COCl.Cc1ccc2c(c1)S(=O)N(C)c1ccccc1C2NCCCCCC(=O)O. The normalized spacial score (nSPS) is 16.4. The molecule has 2 unspecified atom stereocenters. The molecule has 2 N–H and O–H groups in total. The van der Waals surface area contributed by atoms with Gasteiger partial charge in [0.25, 0.3) is 0 Å². The van der Waals surface area contributed by atoms with Crippen LogP contribution in [0.3, 0.4) is 0 Å². The number of nitrogens with one attached hydrogen (secondary N) is 1. The summed E-state index contributed by atoms with van der Waals surface area (Å²) in [5.41, 5.74) is 4.21. The first kappa shape index (κ1) is 28.1. The van der Waals surface area contributed by atoms with Crippen LogP contribution >= 0.6 is 11.9 Å². The van der Waals surface area contributed by atoms with Gasteiger partial charge in [0.05, 0.1) is 35.6 Å². The van der Waals surface area contributed by atoms with Gasteiger partial charge in [-0.05, 0) is 55.1 Å². The fraction of sp³-hybridized carbons (Fsp3) is 0.458. The summed E-state index contributed by atoms with van der Waals surface area (Å²) in [6.07, 6.45) is 2.70. The molecule has 3 rings (SSSR count). The summed E-state index contributed by atoms with van der Waals surface area (Å²) >= 11 is 4.50. The summed E-state index contributed by atoms with van der Waals surface area (Å²) in [7, 11) is 2.00. The van der Waals surface area contributed by atoms with Gasteiger partial charge in [0, 0.05) is 13.5 Å². The lowest BCUT2D eigenvalue weighted by Crippen LogP contribution is -2.24. The summed E-state index contributed by atoms with van der Waals surface area (Å²) < 4.78 is 18.7. The molecule has 32 heavy (non-hydrogen) atoms. The molecule has 2 atom stereocenters. The van der Waals surface area contributed by atoms with Crippen molar-refractivity contribution < 1.29 is 18.4 Å². The zero-order chi connectivity index (χ0) is 24.1. The van der Waals surface area contributed by atoms with Crippen LogP contribution in [0.15, 0.2) is 47.4 Å². The minimum Gasteiger partial charge on any atom is -0.481 e. The van der Waals surface area contributed by atoms with Crippen LogP contribution in [0.1, 0.15) is 62.3 Å². The number of benzene rings is 2. The number of halogens is 1. The average molecular weight is 483 g/mol. The van der Waals surface area contributed by atoms with Gasteiger partial charge in [-0.15, -0.1) is 0 Å². The Kier molecular flexibility index (Phi) is 13.2. The predicted octanol–water partition coefficient (Wildman–Crippen LogP) is 5.60. The number of aryl methyl sites for hydroxylation is 1. The largest absolute Gasteiger partial charge is 0.481 e. The van der Waals surface area contributed by atoms with Crippen molar-refractivity contribution >= 4 is 34.5 Å². The van der Waals surface area contributed by atoms with Gasteiger partial charge in [0.1, 0.15) is 0 Å². The molecule has 1 aliphatic heterocycles. The average Bonchev–Trinajstić information content (AvgIpc) is 2.87. The smallest absolute Gasteiger partial charge is 0.303 e. The molecular weight excluding hydrogens is 448 g/mol. The van der Waals surface area contributed by atoms with E-state index in [2.05, 4.69) is 39.7 Å². The molecule has 6 nitrogen and oxygen atoms in total. The molecule has 0 spiro atoms. The van der Waals surface area contributed by atoms with Crippen molar-refractivity contribution in [1.82, 2.24) is 5.32 Å². The first-order valence-corrected chi connectivity index (χ1v) is 12.3. The first-order valence-electron chi connectivity index (χ1n) is 10.9. The van der Waals surface area contributed by atoms with Gasteiger partial charge >= 0.3 is 5.97 Å². The Bertz CT molecular complexity index is 879. The van der Waals surface area contributed by atoms with E-state index in [1.165, 1.54) is 7.11 Å². The van der Waals surface area contributed by atoms with E-state index in [1.807, 2.05) is 56.4 Å². The number of fused-ring (bicyclic) bond motifs is 2. The molecule has 8 heteroatoms. The highest BCUT2D eigenvalue weighted by molar-refractivity contribution is 7.86. The van der Waals surface area contributed by atoms with Crippen molar-refractivity contribution in [3.8, 4) is 0 Å². The van der Waals surface area contributed by atoms with Crippen molar-refractivity contribution in [2.45, 2.75) is 57.4 Å². The van der Waals surface area contributed by atoms with E-state index in [9.17, 15) is 9.00 Å². The van der Waals surface area contributed by atoms with Gasteiger partial charge in [0.2, 0.25) is 0 Å². The molecule has 0 saturated heterocycles. The molecular formula is C24H35ClN2O4S. The standard InChI is InChI=1S/C21H26N2O3S.C2H6.CH3ClO/c1-15-11-12-17-19(14-15)27(26)23(2)18-9-6-5-8-16(18)21(17)22-13-7-3-4-10-20(24)25;1-2;1-3-2/h5-6,8-9,11-12,14,21-22H,3-4,7,10,13H2,1-2H3,(H,24,25);1-2H3;1H3. The lowest BCUT2D eigenvalue weighted by Gasteiger charge is -2.22. The van der Waals surface area contributed by atoms with E-state index in [0.29, 0.717) is 6.42 Å². The summed E-state index contributed by atoms with van der Waals surface area (Å²) in [6.45, 7) is 6.79. The topological polar surface area (TPSA) is 78.9 Å². The third kappa shape index (κ3) is 7.89. The number of carboxylic acid groups (broad SMARTS) is 1. The maximum Gasteiger partial charge on any atom is 0.303 e. The highest BCUT2D eigenvalue weighted by atomic mass is 35.5. The van der Waals surface area contributed by atoms with Crippen LogP contribution < -0.4 is 9.62 Å². The van der Waals surface area contributed by atoms with E-state index >= 15 is 0 Å². The van der Waals surface area contributed by atoms with Crippen LogP contribution in [0.5, 0.6) is 0 Å². The van der Waals surface area contributed by atoms with Crippen LogP contribution in [-0.2, 0) is 20.1 Å². The van der Waals surface area contributed by atoms with E-state index in [1.54, 1.807) is 0 Å². The number of carbonyl (C=O) groups is 1. The molecule has 2 aromatic carbocycles. The zero-order valence-corrected chi connectivity index (χ0v) is 21.1. The molecule has 0 bridgehead atoms. The molecule has 0 amide bonds. The maximum absolute atomic E-state index is 13.1. The number of para-hydroxylation sites is 1. The van der Waals surface area contributed by atoms with Gasteiger partial charge in [-0.3, -0.25) is 13.4 Å². The maximum atomic E-state index is 13.1. The monoisotopic (exact) mass is 482 g/mol. The molecule has 0 aromatic heterocycles. The van der Waals surface area contributed by atoms with Crippen molar-refractivity contribution in [3.05, 3.63) is 59.2 Å². The molecule has 0 aliphatic carbocycles. The van der Waals surface area contributed by atoms with Crippen molar-refractivity contribution in [3.63, 3.8) is 0 Å². The highest BCUT2D eigenvalue weighted by Gasteiger charge is 2.29. The van der Waals surface area contributed by atoms with Gasteiger partial charge in [0.15, 0.2) is 11.0 Å². The summed E-state index contributed by atoms with van der Waals surface area (Å²) in [4.78, 5) is 11.5. The molecule has 0 fully saturated rings. The molecule has 1 aliphatic rings. The third-order valence-corrected chi connectivity index (χ3v) is 6.34. The fourth-order valence-electron chi connectivity index (χ4n) is 3.50. The number of aliphatic carboxylic acids is 1. The second kappa shape index (κ2) is 15.0. The number of unbranched alkanes of at least 4 members (excludes halogenated alkanes) is 2. The minimum atomic E-state index is -1.26. The molecule has 2 aromatic rings. The predicted molar refractivity (Wildman–Crippen MR) is 133 cm³/mol. The van der Waals surface area contributed by atoms with Gasteiger partial charge in [-0.1, -0.05) is 50.6 Å². The Hall–Kier alpha value is -1.93. The van der Waals surface area contributed by atoms with Crippen molar-refractivity contribution in [2.75, 3.05) is 25.0 Å². The number of carboxylic acids is 1. The van der Waals surface area contributed by atoms with Crippen LogP contribution in [0, 0.1) is 6.92 Å². The third-order valence-electron chi connectivity index (χ3n) is 4.92. The summed E-state index contributed by atoms with van der Waals surface area (Å²) in [5, 5.41) is 12.4. The molecule has 178 valence electrons. The number of hydrogen-bond donors (Lipinski definition) is 2. The Balaban J connectivity index is 0.000000944. The lowest BCUT2D eigenvalue weighted by molar-refractivity contribution is -0.137. The van der Waals surface area contributed by atoms with Crippen LogP contribution in [0.2, 0.25) is 0 Å². The molecule has 0 saturated carbocycles. The lowest BCUT2D eigenvalue weighted by atomic mass is 9.96. The second-order valence-corrected chi connectivity index (χ2v) is 8.89. The Morgan fingerprint density at radius 3 is 2.47 bits per heavy atom. The number of nitrogens with zero attached hydrogens (tertiary/aromatic N) is 1. The highest BCUT2D eigenvalue weighted by Crippen LogP contribution is 2.38. The van der Waals surface area contributed by atoms with Crippen LogP contribution in [0.25, 0.3) is 0 Å². The number of anilines is 1. The zero-order valence-electron chi connectivity index (χ0n) is 19.6. The quantitative estimate of drug-likeness (QED) is 0.502. The Labute approximate surface area is 199 Å². The van der Waals surface area contributed by atoms with E-state index in [-0.39, 0.29) is 12.5 Å². The minimum absolute atomic E-state index is 0.0369. The summed E-state index contributed by atoms with van der Waals surface area (Å²) in [5.74, 6) is -0.740. The van der Waals surface area contributed by atoms with Crippen LogP contribution in [0.4, 0.5) is 5.69 Å². The summed E-state index contributed by atoms with van der Waals surface area (Å²) in [6, 6.07) is 14.2. The van der Waals surface area contributed by atoms with Gasteiger partial charge in [-0.25, -0.2) is 4.21 Å². The Morgan fingerprint density at radius 2 is 1.81 bits per heavy atom. The Morgan fingerprint density at radius 1 is 1.16 bits per heavy atom. The van der Waals surface area contributed by atoms with Crippen molar-refractivity contribution in [2.24, 2.45) is 0 Å².